The second-order valence-electron chi connectivity index (χ2n) is 4.98. The fourth-order valence-corrected chi connectivity index (χ4v) is 3.07. The molecule has 0 bridgehead atoms. The van der Waals surface area contributed by atoms with Gasteiger partial charge < -0.3 is 4.74 Å². The highest BCUT2D eigenvalue weighted by atomic mass is 32.1. The number of aliphatic imine (C=N–C) groups is 1. The van der Waals surface area contributed by atoms with Crippen LogP contribution in [-0.4, -0.2) is 23.8 Å². The molecular formula is C16H15F3N2O2S. The fraction of sp³-hybridized carbons (Fsp3) is 0.312. The maximum Gasteiger partial charge on any atom is 0.573 e. The lowest BCUT2D eigenvalue weighted by Crippen LogP contribution is -2.19. The molecule has 1 aromatic heterocycles. The standard InChI is InChI=1S/C16H15F3N2O2S/c1-4-5-10-12(15-21-6-7-24-15)8-11(9(2)22)14(13(10)20-3)23-16(17,18)19/h6-8H,3-5H2,1-2H3. The van der Waals surface area contributed by atoms with Gasteiger partial charge in [0.1, 0.15) is 10.7 Å². The highest BCUT2D eigenvalue weighted by molar-refractivity contribution is 7.13. The van der Waals surface area contributed by atoms with Crippen LogP contribution in [0.25, 0.3) is 10.6 Å². The lowest BCUT2D eigenvalue weighted by Gasteiger charge is -2.19. The predicted octanol–water partition coefficient (Wildman–Crippen LogP) is 5.20. The van der Waals surface area contributed by atoms with E-state index in [2.05, 4.69) is 21.4 Å². The molecule has 0 aliphatic heterocycles. The summed E-state index contributed by atoms with van der Waals surface area (Å²) >= 11 is 1.33. The van der Waals surface area contributed by atoms with E-state index in [1.54, 1.807) is 11.6 Å². The van der Waals surface area contributed by atoms with Crippen molar-refractivity contribution in [3.8, 4) is 16.3 Å². The molecule has 2 aromatic rings. The van der Waals surface area contributed by atoms with Crippen molar-refractivity contribution in [1.82, 2.24) is 4.98 Å². The van der Waals surface area contributed by atoms with E-state index < -0.39 is 17.9 Å². The molecule has 0 saturated heterocycles. The van der Waals surface area contributed by atoms with Gasteiger partial charge in [0.2, 0.25) is 0 Å². The zero-order chi connectivity index (χ0) is 17.9. The molecule has 0 radical (unpaired) electrons. The van der Waals surface area contributed by atoms with E-state index in [0.29, 0.717) is 29.0 Å². The number of alkyl halides is 3. The van der Waals surface area contributed by atoms with Gasteiger partial charge in [-0.3, -0.25) is 9.79 Å². The van der Waals surface area contributed by atoms with Crippen molar-refractivity contribution in [3.63, 3.8) is 0 Å². The van der Waals surface area contributed by atoms with E-state index in [4.69, 9.17) is 0 Å². The Morgan fingerprint density at radius 1 is 1.46 bits per heavy atom. The first kappa shape index (κ1) is 18.1. The second kappa shape index (κ2) is 7.12. The van der Waals surface area contributed by atoms with Crippen LogP contribution in [0.2, 0.25) is 0 Å². The number of ketones is 1. The molecule has 1 aromatic carbocycles. The minimum atomic E-state index is -4.93. The molecule has 0 amide bonds. The van der Waals surface area contributed by atoms with Crippen molar-refractivity contribution in [1.29, 1.82) is 0 Å². The molecule has 2 rings (SSSR count). The van der Waals surface area contributed by atoms with Gasteiger partial charge in [0, 0.05) is 17.1 Å². The molecule has 0 aliphatic rings. The van der Waals surface area contributed by atoms with Gasteiger partial charge in [-0.25, -0.2) is 4.98 Å². The first-order chi connectivity index (χ1) is 11.3. The van der Waals surface area contributed by atoms with Gasteiger partial charge in [-0.05, 0) is 31.7 Å². The summed E-state index contributed by atoms with van der Waals surface area (Å²) in [7, 11) is 0. The third kappa shape index (κ3) is 3.81. The molecule has 0 unspecified atom stereocenters. The summed E-state index contributed by atoms with van der Waals surface area (Å²) in [6, 6.07) is 1.39. The summed E-state index contributed by atoms with van der Waals surface area (Å²) in [5.74, 6) is -1.16. The summed E-state index contributed by atoms with van der Waals surface area (Å²) in [4.78, 5) is 19.8. The Balaban J connectivity index is 2.82. The second-order valence-corrected chi connectivity index (χ2v) is 5.87. The Morgan fingerprint density at radius 3 is 2.62 bits per heavy atom. The van der Waals surface area contributed by atoms with Crippen LogP contribution in [0, 0.1) is 0 Å². The van der Waals surface area contributed by atoms with E-state index in [0.717, 1.165) is 0 Å². The van der Waals surface area contributed by atoms with Gasteiger partial charge in [0.25, 0.3) is 0 Å². The number of halogens is 3. The normalized spacial score (nSPS) is 11.4. The molecule has 24 heavy (non-hydrogen) atoms. The van der Waals surface area contributed by atoms with Crippen molar-refractivity contribution >= 4 is 29.5 Å². The summed E-state index contributed by atoms with van der Waals surface area (Å²) in [6.45, 7) is 6.43. The van der Waals surface area contributed by atoms with Gasteiger partial charge in [-0.15, -0.1) is 24.5 Å². The monoisotopic (exact) mass is 356 g/mol. The lowest BCUT2D eigenvalue weighted by molar-refractivity contribution is -0.274. The van der Waals surface area contributed by atoms with E-state index in [9.17, 15) is 18.0 Å². The van der Waals surface area contributed by atoms with Crippen LogP contribution in [0.1, 0.15) is 36.2 Å². The van der Waals surface area contributed by atoms with E-state index >= 15 is 0 Å². The van der Waals surface area contributed by atoms with Crippen molar-refractivity contribution in [2.24, 2.45) is 4.99 Å². The highest BCUT2D eigenvalue weighted by Gasteiger charge is 2.35. The van der Waals surface area contributed by atoms with Gasteiger partial charge in [-0.2, -0.15) is 0 Å². The van der Waals surface area contributed by atoms with E-state index in [1.807, 2.05) is 6.92 Å². The minimum Gasteiger partial charge on any atom is -0.403 e. The van der Waals surface area contributed by atoms with Crippen LogP contribution in [0.15, 0.2) is 22.6 Å². The molecule has 0 fully saturated rings. The van der Waals surface area contributed by atoms with E-state index in [1.165, 1.54) is 24.3 Å². The number of thiazole rings is 1. The first-order valence-electron chi connectivity index (χ1n) is 7.11. The average Bonchev–Trinajstić information content (AvgIpc) is 3.00. The van der Waals surface area contributed by atoms with Crippen LogP contribution in [-0.2, 0) is 6.42 Å². The van der Waals surface area contributed by atoms with Crippen molar-refractivity contribution in [2.45, 2.75) is 33.1 Å². The maximum absolute atomic E-state index is 12.8. The Labute approximate surface area is 141 Å². The van der Waals surface area contributed by atoms with Gasteiger partial charge >= 0.3 is 6.36 Å². The number of carbonyl (C=O) groups excluding carboxylic acids is 1. The number of hydrogen-bond acceptors (Lipinski definition) is 5. The third-order valence-electron chi connectivity index (χ3n) is 3.28. The van der Waals surface area contributed by atoms with E-state index in [-0.39, 0.29) is 11.3 Å². The van der Waals surface area contributed by atoms with Crippen LogP contribution < -0.4 is 4.74 Å². The zero-order valence-corrected chi connectivity index (χ0v) is 13.9. The number of benzene rings is 1. The van der Waals surface area contributed by atoms with Crippen molar-refractivity contribution in [2.75, 3.05) is 0 Å². The molecule has 0 aliphatic carbocycles. The summed E-state index contributed by atoms with van der Waals surface area (Å²) in [6.07, 6.45) is -2.22. The number of hydrogen-bond donors (Lipinski definition) is 0. The topological polar surface area (TPSA) is 51.5 Å². The summed E-state index contributed by atoms with van der Waals surface area (Å²) in [5, 5.41) is 2.35. The third-order valence-corrected chi connectivity index (χ3v) is 4.08. The fourth-order valence-electron chi connectivity index (χ4n) is 2.39. The molecule has 4 nitrogen and oxygen atoms in total. The maximum atomic E-state index is 12.8. The number of nitrogens with zero attached hydrogens (tertiary/aromatic N) is 2. The van der Waals surface area contributed by atoms with Gasteiger partial charge in [0.15, 0.2) is 11.5 Å². The first-order valence-corrected chi connectivity index (χ1v) is 7.99. The van der Waals surface area contributed by atoms with Gasteiger partial charge in [-0.1, -0.05) is 13.3 Å². The number of carbonyl (C=O) groups is 1. The van der Waals surface area contributed by atoms with Crippen molar-refractivity contribution in [3.05, 3.63) is 28.8 Å². The summed E-state index contributed by atoms with van der Waals surface area (Å²) < 4.78 is 42.5. The Hall–Kier alpha value is -2.22. The molecule has 0 atom stereocenters. The smallest absolute Gasteiger partial charge is 0.403 e. The molecule has 8 heteroatoms. The average molecular weight is 356 g/mol. The predicted molar refractivity (Wildman–Crippen MR) is 87.4 cm³/mol. The molecular weight excluding hydrogens is 341 g/mol. The molecule has 128 valence electrons. The highest BCUT2D eigenvalue weighted by Crippen LogP contribution is 2.44. The zero-order valence-electron chi connectivity index (χ0n) is 13.1. The Morgan fingerprint density at radius 2 is 2.17 bits per heavy atom. The van der Waals surface area contributed by atoms with Gasteiger partial charge in [0.05, 0.1) is 5.56 Å². The Bertz CT molecular complexity index is 756. The van der Waals surface area contributed by atoms with Crippen LogP contribution >= 0.6 is 11.3 Å². The molecule has 0 saturated carbocycles. The quantitative estimate of drug-likeness (QED) is 0.528. The molecule has 1 heterocycles. The minimum absolute atomic E-state index is 0.0629. The van der Waals surface area contributed by atoms with Crippen LogP contribution in [0.5, 0.6) is 5.75 Å². The molecule has 0 spiro atoms. The largest absolute Gasteiger partial charge is 0.573 e. The number of Topliss-reactive ketones (excluding diaryl/α,β-unsaturated/α-hetero) is 1. The molecule has 0 N–H and O–H groups in total. The SMILES string of the molecule is C=Nc1c(CCC)c(-c2nccs2)cc(C(C)=O)c1OC(F)(F)F. The van der Waals surface area contributed by atoms with Crippen LogP contribution in [0.4, 0.5) is 18.9 Å². The Kier molecular flexibility index (Phi) is 5.38. The number of ether oxygens (including phenoxy) is 1. The number of aromatic nitrogens is 1. The van der Waals surface area contributed by atoms with Crippen molar-refractivity contribution < 1.29 is 22.7 Å². The van der Waals surface area contributed by atoms with Crippen LogP contribution in [0.3, 0.4) is 0 Å². The number of rotatable bonds is 6. The summed E-state index contributed by atoms with van der Waals surface area (Å²) in [5.41, 5.74) is 0.854. The lowest BCUT2D eigenvalue weighted by atomic mass is 9.95.